The van der Waals surface area contributed by atoms with Crippen LogP contribution in [0.5, 0.6) is 5.75 Å². The van der Waals surface area contributed by atoms with E-state index in [1.165, 1.54) is 5.56 Å². The molecule has 1 heterocycles. The minimum absolute atomic E-state index is 0.0301. The van der Waals surface area contributed by atoms with Gasteiger partial charge in [0.2, 0.25) is 0 Å². The Kier molecular flexibility index (Phi) is 8.79. The van der Waals surface area contributed by atoms with E-state index >= 15 is 0 Å². The number of benzene rings is 2. The van der Waals surface area contributed by atoms with Gasteiger partial charge in [-0.3, -0.25) is 9.69 Å². The number of hydrogen-bond acceptors (Lipinski definition) is 5. The summed E-state index contributed by atoms with van der Waals surface area (Å²) < 4.78 is 5.76. The Morgan fingerprint density at radius 2 is 1.81 bits per heavy atom. The second-order valence-corrected chi connectivity index (χ2v) is 9.54. The molecule has 3 rings (SSSR count). The highest BCUT2D eigenvalue weighted by molar-refractivity contribution is 6.30. The fraction of sp³-hybridized carbons (Fsp3) is 0.458. The Morgan fingerprint density at radius 3 is 2.47 bits per heavy atom. The van der Waals surface area contributed by atoms with E-state index in [1.807, 2.05) is 12.1 Å². The van der Waals surface area contributed by atoms with Gasteiger partial charge in [-0.2, -0.15) is 0 Å². The highest BCUT2D eigenvalue weighted by Gasteiger charge is 2.26. The second kappa shape index (κ2) is 11.3. The Morgan fingerprint density at radius 1 is 1.16 bits per heavy atom. The molecule has 3 N–H and O–H groups in total. The first kappa shape index (κ1) is 24.8. The lowest BCUT2D eigenvalue weighted by Crippen LogP contribution is -2.49. The van der Waals surface area contributed by atoms with Crippen molar-refractivity contribution in [1.82, 2.24) is 10.2 Å². The van der Waals surface area contributed by atoms with E-state index in [-0.39, 0.29) is 13.0 Å². The van der Waals surface area contributed by atoms with Crippen molar-refractivity contribution in [3.8, 4) is 5.75 Å². The number of halogens is 2. The summed E-state index contributed by atoms with van der Waals surface area (Å²) in [7, 11) is 0. The fourth-order valence-electron chi connectivity index (χ4n) is 3.76. The molecule has 2 aromatic rings. The molecule has 1 aliphatic heterocycles. The SMILES string of the molecule is C[C@](O)(CNC1CCN(Cc2ccc(Cl)cc2)CC1)COc1cc(Cl)ccc1CC(=O)O. The molecule has 1 aliphatic rings. The molecule has 8 heteroatoms. The standard InChI is InChI=1S/C24H30Cl2N2O4/c1-24(31,16-32-22-13-20(26)7-4-18(22)12-23(29)30)15-27-21-8-10-28(11-9-21)14-17-2-5-19(25)6-3-17/h2-7,13,21,27,31H,8-12,14-16H2,1H3,(H,29,30)/t24-/m0/s1. The summed E-state index contributed by atoms with van der Waals surface area (Å²) in [5.41, 5.74) is 0.673. The zero-order valence-corrected chi connectivity index (χ0v) is 19.7. The van der Waals surface area contributed by atoms with Gasteiger partial charge in [0.05, 0.1) is 6.42 Å². The van der Waals surface area contributed by atoms with Crippen molar-refractivity contribution < 1.29 is 19.7 Å². The van der Waals surface area contributed by atoms with Crippen molar-refractivity contribution in [3.63, 3.8) is 0 Å². The molecule has 0 unspecified atom stereocenters. The van der Waals surface area contributed by atoms with E-state index in [9.17, 15) is 9.90 Å². The average molecular weight is 481 g/mol. The van der Waals surface area contributed by atoms with Crippen LogP contribution in [0, 0.1) is 0 Å². The molecule has 32 heavy (non-hydrogen) atoms. The Labute approximate surface area is 199 Å². The van der Waals surface area contributed by atoms with Crippen LogP contribution >= 0.6 is 23.2 Å². The molecule has 0 aliphatic carbocycles. The number of rotatable bonds is 10. The molecule has 1 fully saturated rings. The van der Waals surface area contributed by atoms with E-state index in [4.69, 9.17) is 33.0 Å². The first-order chi connectivity index (χ1) is 15.2. The summed E-state index contributed by atoms with van der Waals surface area (Å²) in [4.78, 5) is 13.5. The van der Waals surface area contributed by atoms with Gasteiger partial charge in [-0.15, -0.1) is 0 Å². The van der Waals surface area contributed by atoms with Crippen LogP contribution in [0.4, 0.5) is 0 Å². The monoisotopic (exact) mass is 480 g/mol. The van der Waals surface area contributed by atoms with Gasteiger partial charge < -0.3 is 20.3 Å². The Balaban J connectivity index is 1.43. The quantitative estimate of drug-likeness (QED) is 0.476. The van der Waals surface area contributed by atoms with Crippen molar-refractivity contribution in [2.45, 2.75) is 44.4 Å². The third kappa shape index (κ3) is 7.94. The van der Waals surface area contributed by atoms with Gasteiger partial charge in [0, 0.05) is 34.7 Å². The summed E-state index contributed by atoms with van der Waals surface area (Å²) in [5.74, 6) is -0.566. The predicted octanol–water partition coefficient (Wildman–Crippen LogP) is 4.00. The van der Waals surface area contributed by atoms with Crippen molar-refractivity contribution >= 4 is 29.2 Å². The summed E-state index contributed by atoms with van der Waals surface area (Å²) in [5, 5.41) is 24.5. The van der Waals surface area contributed by atoms with Gasteiger partial charge in [-0.25, -0.2) is 0 Å². The lowest BCUT2D eigenvalue weighted by molar-refractivity contribution is -0.136. The first-order valence-corrected chi connectivity index (χ1v) is 11.5. The van der Waals surface area contributed by atoms with Crippen LogP contribution in [-0.4, -0.2) is 59.0 Å². The lowest BCUT2D eigenvalue weighted by Gasteiger charge is -2.34. The molecule has 0 amide bonds. The van der Waals surface area contributed by atoms with E-state index in [0.717, 1.165) is 37.5 Å². The third-order valence-corrected chi connectivity index (χ3v) is 6.08. The number of likely N-dealkylation sites (tertiary alicyclic amines) is 1. The van der Waals surface area contributed by atoms with E-state index in [1.54, 1.807) is 25.1 Å². The number of carboxylic acids is 1. The molecule has 174 valence electrons. The van der Waals surface area contributed by atoms with E-state index < -0.39 is 11.6 Å². The minimum atomic E-state index is -1.11. The topological polar surface area (TPSA) is 82.0 Å². The summed E-state index contributed by atoms with van der Waals surface area (Å²) >= 11 is 12.0. The highest BCUT2D eigenvalue weighted by Crippen LogP contribution is 2.25. The largest absolute Gasteiger partial charge is 0.490 e. The number of aliphatic hydroxyl groups is 1. The van der Waals surface area contributed by atoms with Crippen molar-refractivity contribution in [2.75, 3.05) is 26.2 Å². The van der Waals surface area contributed by atoms with E-state index in [0.29, 0.717) is 28.9 Å². The first-order valence-electron chi connectivity index (χ1n) is 10.8. The maximum absolute atomic E-state index is 11.1. The molecule has 6 nitrogen and oxygen atoms in total. The molecular weight excluding hydrogens is 451 g/mol. The van der Waals surface area contributed by atoms with Gasteiger partial charge in [-0.05, 0) is 62.7 Å². The Bertz CT molecular complexity index is 897. The van der Waals surface area contributed by atoms with Gasteiger partial charge >= 0.3 is 5.97 Å². The van der Waals surface area contributed by atoms with Crippen LogP contribution in [0.3, 0.4) is 0 Å². The number of carboxylic acid groups (broad SMARTS) is 1. The number of piperidine rings is 1. The zero-order valence-electron chi connectivity index (χ0n) is 18.2. The van der Waals surface area contributed by atoms with Gasteiger partial charge in [0.15, 0.2) is 0 Å². The molecule has 1 atom stereocenters. The summed E-state index contributed by atoms with van der Waals surface area (Å²) in [6.07, 6.45) is 1.84. The summed E-state index contributed by atoms with van der Waals surface area (Å²) in [6, 6.07) is 13.1. The van der Waals surface area contributed by atoms with Crippen LogP contribution < -0.4 is 10.1 Å². The lowest BCUT2D eigenvalue weighted by atomic mass is 10.0. The van der Waals surface area contributed by atoms with Crippen LogP contribution in [0.2, 0.25) is 10.0 Å². The highest BCUT2D eigenvalue weighted by atomic mass is 35.5. The van der Waals surface area contributed by atoms with E-state index in [2.05, 4.69) is 22.3 Å². The number of ether oxygens (including phenoxy) is 1. The number of hydrogen-bond donors (Lipinski definition) is 3. The van der Waals surface area contributed by atoms with Crippen LogP contribution in [0.1, 0.15) is 30.9 Å². The molecular formula is C24H30Cl2N2O4. The minimum Gasteiger partial charge on any atom is -0.490 e. The van der Waals surface area contributed by atoms with Crippen molar-refractivity contribution in [2.24, 2.45) is 0 Å². The van der Waals surface area contributed by atoms with Gasteiger partial charge in [0.25, 0.3) is 0 Å². The number of nitrogens with one attached hydrogen (secondary N) is 1. The predicted molar refractivity (Wildman–Crippen MR) is 127 cm³/mol. The molecule has 0 bridgehead atoms. The summed E-state index contributed by atoms with van der Waals surface area (Å²) in [6.45, 7) is 5.00. The molecule has 0 aromatic heterocycles. The normalized spacial score (nSPS) is 17.1. The number of carbonyl (C=O) groups is 1. The van der Waals surface area contributed by atoms with Crippen LogP contribution in [-0.2, 0) is 17.8 Å². The third-order valence-electron chi connectivity index (χ3n) is 5.59. The van der Waals surface area contributed by atoms with Gasteiger partial charge in [0.1, 0.15) is 18.0 Å². The Hall–Kier alpha value is -1.83. The van der Waals surface area contributed by atoms with Gasteiger partial charge in [-0.1, -0.05) is 41.4 Å². The average Bonchev–Trinajstić information content (AvgIpc) is 2.75. The molecule has 0 saturated carbocycles. The molecule has 2 aromatic carbocycles. The zero-order chi connectivity index (χ0) is 23.1. The maximum atomic E-state index is 11.1. The number of aliphatic carboxylic acids is 1. The second-order valence-electron chi connectivity index (χ2n) is 8.67. The maximum Gasteiger partial charge on any atom is 0.307 e. The smallest absolute Gasteiger partial charge is 0.307 e. The number of nitrogens with zero attached hydrogens (tertiary/aromatic N) is 1. The van der Waals surface area contributed by atoms with Crippen molar-refractivity contribution in [3.05, 3.63) is 63.6 Å². The van der Waals surface area contributed by atoms with Crippen LogP contribution in [0.15, 0.2) is 42.5 Å². The molecule has 0 radical (unpaired) electrons. The molecule has 0 spiro atoms. The molecule has 1 saturated heterocycles. The van der Waals surface area contributed by atoms with Crippen molar-refractivity contribution in [1.29, 1.82) is 0 Å². The fourth-order valence-corrected chi connectivity index (χ4v) is 4.05. The van der Waals surface area contributed by atoms with Crippen LogP contribution in [0.25, 0.3) is 0 Å².